The van der Waals surface area contributed by atoms with Crippen molar-refractivity contribution in [3.63, 3.8) is 0 Å². The first-order valence-corrected chi connectivity index (χ1v) is 7.27. The lowest BCUT2D eigenvalue weighted by Gasteiger charge is -2.42. The van der Waals surface area contributed by atoms with Gasteiger partial charge in [-0.05, 0) is 24.8 Å². The van der Waals surface area contributed by atoms with Gasteiger partial charge in [-0.25, -0.2) is 0 Å². The topological polar surface area (TPSA) is 38.3 Å². The van der Waals surface area contributed by atoms with Gasteiger partial charge < -0.3 is 4.74 Å². The van der Waals surface area contributed by atoms with Crippen LogP contribution in [0.25, 0.3) is 0 Å². The summed E-state index contributed by atoms with van der Waals surface area (Å²) in [7, 11) is 0. The predicted octanol–water partition coefficient (Wildman–Crippen LogP) is 2.45. The number of hydrogen-bond donors (Lipinski definition) is 1. The SMILES string of the molecule is O=C1OC[C@@H](Cc2ccccc2)NC12CCCCC2. The molecule has 0 unspecified atom stereocenters. The van der Waals surface area contributed by atoms with E-state index in [1.807, 2.05) is 6.07 Å². The van der Waals surface area contributed by atoms with Crippen LogP contribution in [-0.2, 0) is 16.0 Å². The first-order chi connectivity index (χ1) is 9.28. The number of hydrogen-bond acceptors (Lipinski definition) is 3. The summed E-state index contributed by atoms with van der Waals surface area (Å²) >= 11 is 0. The summed E-state index contributed by atoms with van der Waals surface area (Å²) in [6, 6.07) is 10.6. The van der Waals surface area contributed by atoms with Crippen LogP contribution < -0.4 is 5.32 Å². The Balaban J connectivity index is 1.69. The molecule has 102 valence electrons. The molecule has 1 aliphatic carbocycles. The minimum Gasteiger partial charge on any atom is -0.463 e. The second-order valence-electron chi connectivity index (χ2n) is 5.77. The van der Waals surface area contributed by atoms with Crippen molar-refractivity contribution < 1.29 is 9.53 Å². The van der Waals surface area contributed by atoms with Gasteiger partial charge in [0.25, 0.3) is 0 Å². The zero-order chi connectivity index (χ0) is 13.1. The average molecular weight is 259 g/mol. The van der Waals surface area contributed by atoms with Gasteiger partial charge in [0.1, 0.15) is 12.1 Å². The fraction of sp³-hybridized carbons (Fsp3) is 0.562. The van der Waals surface area contributed by atoms with Crippen LogP contribution in [0.4, 0.5) is 0 Å². The van der Waals surface area contributed by atoms with Crippen LogP contribution in [0.3, 0.4) is 0 Å². The molecule has 0 amide bonds. The number of rotatable bonds is 2. The molecule has 0 bridgehead atoms. The van der Waals surface area contributed by atoms with Gasteiger partial charge in [0, 0.05) is 6.04 Å². The third kappa shape index (κ3) is 2.66. The standard InChI is InChI=1S/C16H21NO2/c18-15-16(9-5-2-6-10-16)17-14(12-19-15)11-13-7-3-1-4-8-13/h1,3-4,7-8,14,17H,2,5-6,9-12H2/t14-/m1/s1. The van der Waals surface area contributed by atoms with Gasteiger partial charge in [-0.3, -0.25) is 10.1 Å². The number of nitrogens with one attached hydrogen (secondary N) is 1. The van der Waals surface area contributed by atoms with E-state index in [1.54, 1.807) is 0 Å². The van der Waals surface area contributed by atoms with Crippen LogP contribution in [-0.4, -0.2) is 24.2 Å². The predicted molar refractivity (Wildman–Crippen MR) is 73.8 cm³/mol. The molecule has 3 nitrogen and oxygen atoms in total. The Morgan fingerprint density at radius 3 is 2.63 bits per heavy atom. The van der Waals surface area contributed by atoms with E-state index in [0.29, 0.717) is 6.61 Å². The molecule has 1 N–H and O–H groups in total. The zero-order valence-corrected chi connectivity index (χ0v) is 11.2. The molecule has 1 aromatic carbocycles. The van der Waals surface area contributed by atoms with Gasteiger partial charge in [-0.2, -0.15) is 0 Å². The van der Waals surface area contributed by atoms with E-state index in [-0.39, 0.29) is 12.0 Å². The molecule has 0 aromatic heterocycles. The lowest BCUT2D eigenvalue weighted by Crippen LogP contribution is -2.63. The van der Waals surface area contributed by atoms with Crippen LogP contribution in [0, 0.1) is 0 Å². The van der Waals surface area contributed by atoms with E-state index in [4.69, 9.17) is 4.74 Å². The maximum atomic E-state index is 12.1. The zero-order valence-electron chi connectivity index (χ0n) is 11.2. The monoisotopic (exact) mass is 259 g/mol. The molecule has 1 heterocycles. The number of carbonyl (C=O) groups excluding carboxylic acids is 1. The van der Waals surface area contributed by atoms with E-state index < -0.39 is 5.54 Å². The maximum absolute atomic E-state index is 12.1. The van der Waals surface area contributed by atoms with Crippen molar-refractivity contribution in [2.24, 2.45) is 0 Å². The number of ether oxygens (including phenoxy) is 1. The smallest absolute Gasteiger partial charge is 0.326 e. The van der Waals surface area contributed by atoms with Crippen LogP contribution in [0.2, 0.25) is 0 Å². The molecule has 3 heteroatoms. The number of cyclic esters (lactones) is 1. The van der Waals surface area contributed by atoms with Crippen LogP contribution in [0.1, 0.15) is 37.7 Å². The summed E-state index contributed by atoms with van der Waals surface area (Å²) in [5, 5.41) is 3.59. The Morgan fingerprint density at radius 2 is 1.89 bits per heavy atom. The average Bonchev–Trinajstić information content (AvgIpc) is 2.45. The number of esters is 1. The van der Waals surface area contributed by atoms with Gasteiger partial charge in [0.05, 0.1) is 0 Å². The third-order valence-corrected chi connectivity index (χ3v) is 4.32. The van der Waals surface area contributed by atoms with E-state index in [9.17, 15) is 4.79 Å². The largest absolute Gasteiger partial charge is 0.463 e. The first kappa shape index (κ1) is 12.7. The van der Waals surface area contributed by atoms with Gasteiger partial charge in [0.15, 0.2) is 0 Å². The number of carbonyl (C=O) groups is 1. The van der Waals surface area contributed by atoms with Crippen molar-refractivity contribution in [2.45, 2.75) is 50.1 Å². The normalized spacial score (nSPS) is 26.1. The van der Waals surface area contributed by atoms with Gasteiger partial charge in [0.2, 0.25) is 0 Å². The molecule has 1 aromatic rings. The molecule has 1 atom stereocenters. The quantitative estimate of drug-likeness (QED) is 0.829. The highest BCUT2D eigenvalue weighted by Crippen LogP contribution is 2.32. The highest BCUT2D eigenvalue weighted by atomic mass is 16.5. The van der Waals surface area contributed by atoms with E-state index in [0.717, 1.165) is 32.1 Å². The van der Waals surface area contributed by atoms with Crippen molar-refractivity contribution in [3.05, 3.63) is 35.9 Å². The molecule has 1 spiro atoms. The molecule has 3 rings (SSSR count). The van der Waals surface area contributed by atoms with Crippen LogP contribution in [0.15, 0.2) is 30.3 Å². The summed E-state index contributed by atoms with van der Waals surface area (Å²) in [6.45, 7) is 0.496. The summed E-state index contributed by atoms with van der Waals surface area (Å²) in [5.74, 6) is -0.0310. The van der Waals surface area contributed by atoms with Gasteiger partial charge >= 0.3 is 5.97 Å². The molecule has 2 aliphatic rings. The molecule has 1 saturated carbocycles. The van der Waals surface area contributed by atoms with Crippen LogP contribution in [0.5, 0.6) is 0 Å². The Morgan fingerprint density at radius 1 is 1.16 bits per heavy atom. The van der Waals surface area contributed by atoms with Crippen molar-refractivity contribution in [1.29, 1.82) is 0 Å². The molecule has 1 saturated heterocycles. The van der Waals surface area contributed by atoms with Gasteiger partial charge in [-0.15, -0.1) is 0 Å². The highest BCUT2D eigenvalue weighted by Gasteiger charge is 2.45. The minimum absolute atomic E-state index is 0.0310. The number of morpholine rings is 1. The second kappa shape index (κ2) is 5.33. The van der Waals surface area contributed by atoms with Gasteiger partial charge in [-0.1, -0.05) is 49.6 Å². The Kier molecular flexibility index (Phi) is 3.56. The summed E-state index contributed by atoms with van der Waals surface area (Å²) < 4.78 is 5.45. The molecule has 19 heavy (non-hydrogen) atoms. The molecular formula is C16H21NO2. The van der Waals surface area contributed by atoms with E-state index >= 15 is 0 Å². The minimum atomic E-state index is -0.393. The first-order valence-electron chi connectivity index (χ1n) is 7.27. The van der Waals surface area contributed by atoms with E-state index in [1.165, 1.54) is 12.0 Å². The fourth-order valence-corrected chi connectivity index (χ4v) is 3.32. The lowest BCUT2D eigenvalue weighted by atomic mass is 9.80. The molecule has 1 aliphatic heterocycles. The number of benzene rings is 1. The highest BCUT2D eigenvalue weighted by molar-refractivity contribution is 5.81. The molecule has 0 radical (unpaired) electrons. The summed E-state index contributed by atoms with van der Waals surface area (Å²) in [5.41, 5.74) is 0.902. The van der Waals surface area contributed by atoms with Crippen LogP contribution >= 0.6 is 0 Å². The molecule has 2 fully saturated rings. The Hall–Kier alpha value is -1.35. The van der Waals surface area contributed by atoms with Crippen molar-refractivity contribution in [1.82, 2.24) is 5.32 Å². The summed E-state index contributed by atoms with van der Waals surface area (Å²) in [6.07, 6.45) is 6.27. The Labute approximate surface area is 114 Å². The second-order valence-corrected chi connectivity index (χ2v) is 5.77. The van der Waals surface area contributed by atoms with Crippen molar-refractivity contribution in [3.8, 4) is 0 Å². The summed E-state index contributed by atoms with van der Waals surface area (Å²) in [4.78, 5) is 12.1. The van der Waals surface area contributed by atoms with Crippen molar-refractivity contribution >= 4 is 5.97 Å². The lowest BCUT2D eigenvalue weighted by molar-refractivity contribution is -0.161. The Bertz CT molecular complexity index is 437. The fourth-order valence-electron chi connectivity index (χ4n) is 3.32. The van der Waals surface area contributed by atoms with Crippen molar-refractivity contribution in [2.75, 3.05) is 6.61 Å². The maximum Gasteiger partial charge on any atom is 0.326 e. The van der Waals surface area contributed by atoms with E-state index in [2.05, 4.69) is 29.6 Å². The molecular weight excluding hydrogens is 238 g/mol. The third-order valence-electron chi connectivity index (χ3n) is 4.32.